The average molecular weight is 551 g/mol. The zero-order valence-corrected chi connectivity index (χ0v) is 23.4. The largest absolute Gasteiger partial charge is 0.457 e. The molecule has 2 aromatic carbocycles. The summed E-state index contributed by atoms with van der Waals surface area (Å²) < 4.78 is 17.7. The molecule has 0 radical (unpaired) electrons. The van der Waals surface area contributed by atoms with E-state index < -0.39 is 0 Å². The summed E-state index contributed by atoms with van der Waals surface area (Å²) in [6.45, 7) is 7.01. The quantitative estimate of drug-likeness (QED) is 0.613. The number of nitrogens with one attached hydrogen (secondary N) is 1. The van der Waals surface area contributed by atoms with Crippen molar-refractivity contribution in [2.24, 2.45) is 0 Å². The van der Waals surface area contributed by atoms with E-state index in [1.165, 1.54) is 4.90 Å². The second-order valence-electron chi connectivity index (χ2n) is 10.8. The van der Waals surface area contributed by atoms with Gasteiger partial charge >= 0.3 is 6.09 Å². The molecule has 0 aliphatic carbocycles. The van der Waals surface area contributed by atoms with E-state index in [1.54, 1.807) is 24.1 Å². The van der Waals surface area contributed by atoms with Gasteiger partial charge in [-0.15, -0.1) is 0 Å². The van der Waals surface area contributed by atoms with Gasteiger partial charge in [-0.1, -0.05) is 18.2 Å². The van der Waals surface area contributed by atoms with Gasteiger partial charge in [0.15, 0.2) is 0 Å². The molecule has 2 fully saturated rings. The summed E-state index contributed by atoms with van der Waals surface area (Å²) in [7, 11) is 1.63. The number of carbonyl (C=O) groups excluding carboxylic acids is 3. The second-order valence-corrected chi connectivity index (χ2v) is 10.8. The Kier molecular flexibility index (Phi) is 8.56. The van der Waals surface area contributed by atoms with E-state index in [1.807, 2.05) is 44.2 Å². The van der Waals surface area contributed by atoms with E-state index in [2.05, 4.69) is 10.2 Å². The highest BCUT2D eigenvalue weighted by Crippen LogP contribution is 2.29. The SMILES string of the molecule is CCOC(=O)N1CCC(N2C[C@@H]3NC(=O)CN(C)C(=O)c4ccc(C)c(c4)Oc4cccc(c4)CO[C@H]3C2)CC1. The Bertz CT molecular complexity index is 1240. The van der Waals surface area contributed by atoms with E-state index in [9.17, 15) is 14.4 Å². The van der Waals surface area contributed by atoms with Crippen molar-refractivity contribution >= 4 is 17.9 Å². The molecule has 2 aromatic rings. The van der Waals surface area contributed by atoms with Crippen LogP contribution >= 0.6 is 0 Å². The van der Waals surface area contributed by atoms with Gasteiger partial charge in [-0.25, -0.2) is 4.79 Å². The Hall–Kier alpha value is -3.63. The number of benzene rings is 2. The van der Waals surface area contributed by atoms with Crippen LogP contribution in [0.15, 0.2) is 42.5 Å². The summed E-state index contributed by atoms with van der Waals surface area (Å²) >= 11 is 0. The van der Waals surface area contributed by atoms with Gasteiger partial charge in [0.05, 0.1) is 31.9 Å². The van der Waals surface area contributed by atoms with Crippen LogP contribution in [0.2, 0.25) is 0 Å². The van der Waals surface area contributed by atoms with Crippen molar-refractivity contribution in [3.8, 4) is 11.5 Å². The molecule has 0 spiro atoms. The molecule has 2 saturated heterocycles. The van der Waals surface area contributed by atoms with Gasteiger partial charge in [0.25, 0.3) is 5.91 Å². The second kappa shape index (κ2) is 12.3. The summed E-state index contributed by atoms with van der Waals surface area (Å²) in [6, 6.07) is 13.1. The topological polar surface area (TPSA) is 101 Å². The fourth-order valence-corrected chi connectivity index (χ4v) is 5.67. The standard InChI is InChI=1S/C30H38N4O6/c1-4-38-30(37)33-12-10-23(11-13-33)34-16-25-27(17-34)39-19-21-6-5-7-24(14-21)40-26-15-22(9-8-20(26)2)29(36)32(3)18-28(35)31-25/h5-9,14-15,23,25,27H,4,10-13,16-19H2,1-3H3,(H,31,35)/t25-,27-/m0/s1. The summed E-state index contributed by atoms with van der Waals surface area (Å²) in [5.41, 5.74) is 2.32. The van der Waals surface area contributed by atoms with Crippen molar-refractivity contribution in [3.05, 3.63) is 59.2 Å². The highest BCUT2D eigenvalue weighted by Gasteiger charge is 2.39. The molecule has 0 aromatic heterocycles. The summed E-state index contributed by atoms with van der Waals surface area (Å²) in [5.74, 6) is 0.774. The Morgan fingerprint density at radius 1 is 1.10 bits per heavy atom. The van der Waals surface area contributed by atoms with Crippen LogP contribution in [0.4, 0.5) is 4.79 Å². The van der Waals surface area contributed by atoms with Crippen molar-refractivity contribution in [2.75, 3.05) is 46.4 Å². The predicted molar refractivity (Wildman–Crippen MR) is 148 cm³/mol. The average Bonchev–Trinajstić information content (AvgIpc) is 3.35. The monoisotopic (exact) mass is 550 g/mol. The number of nitrogens with zero attached hydrogens (tertiary/aromatic N) is 3. The van der Waals surface area contributed by atoms with Crippen LogP contribution in [0.25, 0.3) is 0 Å². The maximum atomic E-state index is 13.2. The van der Waals surface area contributed by atoms with E-state index in [0.717, 1.165) is 24.0 Å². The lowest BCUT2D eigenvalue weighted by molar-refractivity contribution is -0.123. The maximum Gasteiger partial charge on any atom is 0.409 e. The first-order chi connectivity index (χ1) is 19.3. The number of likely N-dealkylation sites (N-methyl/N-ethyl adjacent to an activating group) is 1. The van der Waals surface area contributed by atoms with Crippen LogP contribution in [0, 0.1) is 6.92 Å². The number of amides is 3. The molecule has 5 rings (SSSR count). The molecule has 1 N–H and O–H groups in total. The van der Waals surface area contributed by atoms with E-state index in [4.69, 9.17) is 14.2 Å². The minimum absolute atomic E-state index is 0.0664. The molecule has 0 unspecified atom stereocenters. The van der Waals surface area contributed by atoms with Crippen LogP contribution in [-0.2, 0) is 20.9 Å². The number of ether oxygens (including phenoxy) is 3. The van der Waals surface area contributed by atoms with Crippen molar-refractivity contribution in [1.29, 1.82) is 0 Å². The number of carbonyl (C=O) groups is 3. The lowest BCUT2D eigenvalue weighted by Crippen LogP contribution is -2.49. The summed E-state index contributed by atoms with van der Waals surface area (Å²) in [4.78, 5) is 43.9. The molecule has 3 aliphatic rings. The van der Waals surface area contributed by atoms with E-state index in [-0.39, 0.29) is 42.6 Å². The Morgan fingerprint density at radius 3 is 2.67 bits per heavy atom. The number of piperidine rings is 1. The van der Waals surface area contributed by atoms with Gasteiger partial charge in [-0.2, -0.15) is 0 Å². The molecule has 10 heteroatoms. The third-order valence-corrected chi connectivity index (χ3v) is 7.90. The van der Waals surface area contributed by atoms with Crippen molar-refractivity contribution in [1.82, 2.24) is 20.0 Å². The molecule has 2 atom stereocenters. The zero-order valence-electron chi connectivity index (χ0n) is 23.4. The number of hydrogen-bond acceptors (Lipinski definition) is 7. The molecular formula is C30H38N4O6. The first-order valence-corrected chi connectivity index (χ1v) is 14.0. The third-order valence-electron chi connectivity index (χ3n) is 7.90. The normalized spacial score (nSPS) is 22.9. The lowest BCUT2D eigenvalue weighted by atomic mass is 10.0. The number of fused-ring (bicyclic) bond motifs is 5. The molecule has 4 bridgehead atoms. The van der Waals surface area contributed by atoms with Crippen LogP contribution in [0.3, 0.4) is 0 Å². The first-order valence-electron chi connectivity index (χ1n) is 14.0. The minimum Gasteiger partial charge on any atom is -0.457 e. The number of rotatable bonds is 2. The minimum atomic E-state index is -0.260. The fourth-order valence-electron chi connectivity index (χ4n) is 5.67. The fraction of sp³-hybridized carbons (Fsp3) is 0.500. The number of hydrogen-bond donors (Lipinski definition) is 1. The van der Waals surface area contributed by atoms with Crippen LogP contribution < -0.4 is 10.1 Å². The van der Waals surface area contributed by atoms with Crippen LogP contribution in [0.5, 0.6) is 11.5 Å². The first kappa shape index (κ1) is 27.9. The Labute approximate surface area is 235 Å². The smallest absolute Gasteiger partial charge is 0.409 e. The summed E-state index contributed by atoms with van der Waals surface area (Å²) in [5, 5.41) is 3.14. The van der Waals surface area contributed by atoms with Gasteiger partial charge < -0.3 is 29.3 Å². The number of aryl methyl sites for hydroxylation is 1. The van der Waals surface area contributed by atoms with Gasteiger partial charge in [-0.3, -0.25) is 14.5 Å². The molecule has 214 valence electrons. The summed E-state index contributed by atoms with van der Waals surface area (Å²) in [6.07, 6.45) is 1.19. The number of likely N-dealkylation sites (tertiary alicyclic amines) is 2. The van der Waals surface area contributed by atoms with Gasteiger partial charge in [0.2, 0.25) is 5.91 Å². The molecule has 40 heavy (non-hydrogen) atoms. The van der Waals surface area contributed by atoms with Crippen LogP contribution in [0.1, 0.15) is 41.3 Å². The Balaban J connectivity index is 1.33. The zero-order chi connectivity index (χ0) is 28.2. The van der Waals surface area contributed by atoms with Crippen LogP contribution in [-0.4, -0.2) is 97.2 Å². The predicted octanol–water partition coefficient (Wildman–Crippen LogP) is 3.18. The third kappa shape index (κ3) is 6.39. The molecule has 10 nitrogen and oxygen atoms in total. The highest BCUT2D eigenvalue weighted by molar-refractivity contribution is 5.96. The highest BCUT2D eigenvalue weighted by atomic mass is 16.6. The molecule has 0 saturated carbocycles. The van der Waals surface area contributed by atoms with Gasteiger partial charge in [0.1, 0.15) is 11.5 Å². The lowest BCUT2D eigenvalue weighted by Gasteiger charge is -2.36. The Morgan fingerprint density at radius 2 is 1.90 bits per heavy atom. The molecular weight excluding hydrogens is 512 g/mol. The molecule has 3 heterocycles. The molecule has 3 amide bonds. The van der Waals surface area contributed by atoms with E-state index >= 15 is 0 Å². The van der Waals surface area contributed by atoms with Crippen molar-refractivity contribution in [3.63, 3.8) is 0 Å². The van der Waals surface area contributed by atoms with Gasteiger partial charge in [0, 0.05) is 44.8 Å². The van der Waals surface area contributed by atoms with Gasteiger partial charge in [-0.05, 0) is 62.1 Å². The van der Waals surface area contributed by atoms with Crippen molar-refractivity contribution in [2.45, 2.75) is 51.5 Å². The van der Waals surface area contributed by atoms with E-state index in [0.29, 0.717) is 56.5 Å². The van der Waals surface area contributed by atoms with Crippen molar-refractivity contribution < 1.29 is 28.6 Å². The maximum absolute atomic E-state index is 13.2. The molecule has 3 aliphatic heterocycles.